The highest BCUT2D eigenvalue weighted by atomic mass is 15.2. The average Bonchev–Trinajstić information content (AvgIpc) is 3.18. The second-order valence-corrected chi connectivity index (χ2v) is 13.3. The van der Waals surface area contributed by atoms with Crippen molar-refractivity contribution in [1.82, 2.24) is 0 Å². The quantitative estimate of drug-likeness (QED) is 0.185. The second-order valence-electron chi connectivity index (χ2n) is 13.3. The first kappa shape index (κ1) is 26.3. The molecule has 1 aliphatic heterocycles. The first-order valence-corrected chi connectivity index (χ1v) is 16.2. The van der Waals surface area contributed by atoms with Crippen LogP contribution in [-0.4, -0.2) is 0 Å². The summed E-state index contributed by atoms with van der Waals surface area (Å²) in [5, 5.41) is 5.14. The normalized spacial score (nSPS) is 14.5. The van der Waals surface area contributed by atoms with Crippen LogP contribution in [0, 0.1) is 6.92 Å². The molecule has 0 aromatic heterocycles. The van der Waals surface area contributed by atoms with Gasteiger partial charge in [-0.15, -0.1) is 0 Å². The molecule has 1 heteroatoms. The summed E-state index contributed by atoms with van der Waals surface area (Å²) in [6.45, 7) is 6.93. The Balaban J connectivity index is 1.39. The Labute approximate surface area is 265 Å². The van der Waals surface area contributed by atoms with Gasteiger partial charge in [0.2, 0.25) is 0 Å². The maximum Gasteiger partial charge on any atom is 0.0619 e. The van der Waals surface area contributed by atoms with Gasteiger partial charge in [0.05, 0.1) is 5.69 Å². The predicted octanol–water partition coefficient (Wildman–Crippen LogP) is 11.8. The molecule has 1 aliphatic carbocycles. The van der Waals surface area contributed by atoms with E-state index in [-0.39, 0.29) is 5.41 Å². The maximum absolute atomic E-state index is 2.56. The van der Waals surface area contributed by atoms with Crippen molar-refractivity contribution in [2.24, 2.45) is 0 Å². The Morgan fingerprint density at radius 3 is 1.87 bits per heavy atom. The van der Waals surface area contributed by atoms with Crippen molar-refractivity contribution in [3.8, 4) is 22.3 Å². The molecule has 7 aromatic rings. The van der Waals surface area contributed by atoms with Crippen molar-refractivity contribution < 1.29 is 0 Å². The van der Waals surface area contributed by atoms with Gasteiger partial charge >= 0.3 is 0 Å². The van der Waals surface area contributed by atoms with Crippen LogP contribution in [0.25, 0.3) is 43.8 Å². The molecule has 0 atom stereocenters. The number of fused-ring (bicyclic) bond motifs is 7. The molecule has 45 heavy (non-hydrogen) atoms. The maximum atomic E-state index is 2.56. The highest BCUT2D eigenvalue weighted by molar-refractivity contribution is 6.22. The molecule has 0 N–H and O–H groups in total. The van der Waals surface area contributed by atoms with Crippen LogP contribution in [0.3, 0.4) is 0 Å². The molecule has 0 saturated heterocycles. The van der Waals surface area contributed by atoms with E-state index in [0.29, 0.717) is 0 Å². The van der Waals surface area contributed by atoms with Crippen LogP contribution in [0.1, 0.15) is 41.7 Å². The zero-order valence-electron chi connectivity index (χ0n) is 26.1. The fourth-order valence-electron chi connectivity index (χ4n) is 8.22. The molecule has 0 saturated carbocycles. The van der Waals surface area contributed by atoms with E-state index >= 15 is 0 Å². The monoisotopic (exact) mass is 577 g/mol. The molecular formula is C44H35N. The Bertz CT molecular complexity index is 2270. The number of aryl methyl sites for hydroxylation is 3. The fourth-order valence-corrected chi connectivity index (χ4v) is 8.22. The van der Waals surface area contributed by atoms with Crippen molar-refractivity contribution in [1.29, 1.82) is 0 Å². The third-order valence-electron chi connectivity index (χ3n) is 10.4. The van der Waals surface area contributed by atoms with Gasteiger partial charge in [-0.2, -0.15) is 0 Å². The van der Waals surface area contributed by atoms with Crippen LogP contribution in [0.15, 0.2) is 133 Å². The van der Waals surface area contributed by atoms with Gasteiger partial charge in [-0.25, -0.2) is 0 Å². The van der Waals surface area contributed by atoms with Crippen LogP contribution in [0.4, 0.5) is 17.1 Å². The molecule has 0 radical (unpaired) electrons. The molecule has 0 spiro atoms. The Morgan fingerprint density at radius 2 is 1.11 bits per heavy atom. The van der Waals surface area contributed by atoms with Crippen molar-refractivity contribution in [3.05, 3.63) is 161 Å². The molecule has 0 unspecified atom stereocenters. The molecule has 216 valence electrons. The van der Waals surface area contributed by atoms with E-state index in [1.165, 1.54) is 88.7 Å². The number of para-hydroxylation sites is 2. The summed E-state index contributed by atoms with van der Waals surface area (Å²) >= 11 is 0. The Kier molecular flexibility index (Phi) is 5.65. The van der Waals surface area contributed by atoms with E-state index in [4.69, 9.17) is 0 Å². The number of benzene rings is 7. The minimum atomic E-state index is -0.0113. The zero-order chi connectivity index (χ0) is 30.3. The molecule has 0 bridgehead atoms. The summed E-state index contributed by atoms with van der Waals surface area (Å²) < 4.78 is 0. The molecule has 0 amide bonds. The first-order chi connectivity index (χ1) is 22.0. The van der Waals surface area contributed by atoms with E-state index in [1.54, 1.807) is 0 Å². The lowest BCUT2D eigenvalue weighted by molar-refractivity contribution is 0.660. The van der Waals surface area contributed by atoms with Gasteiger partial charge in [-0.1, -0.05) is 135 Å². The second kappa shape index (κ2) is 9.68. The average molecular weight is 578 g/mol. The topological polar surface area (TPSA) is 3.24 Å². The third kappa shape index (κ3) is 3.80. The molecule has 9 rings (SSSR count). The molecule has 1 nitrogen and oxygen atoms in total. The summed E-state index contributed by atoms with van der Waals surface area (Å²) in [7, 11) is 0. The van der Waals surface area contributed by atoms with E-state index < -0.39 is 0 Å². The predicted molar refractivity (Wildman–Crippen MR) is 191 cm³/mol. The molecule has 2 aliphatic rings. The fraction of sp³-hybridized carbons (Fsp3) is 0.136. The Hall–Kier alpha value is -5.14. The summed E-state index contributed by atoms with van der Waals surface area (Å²) in [6.07, 6.45) is 2.06. The zero-order valence-corrected chi connectivity index (χ0v) is 26.1. The van der Waals surface area contributed by atoms with Crippen molar-refractivity contribution >= 4 is 38.6 Å². The summed E-state index contributed by atoms with van der Waals surface area (Å²) in [6, 6.07) is 50.2. The van der Waals surface area contributed by atoms with Crippen LogP contribution in [0.5, 0.6) is 0 Å². The Morgan fingerprint density at radius 1 is 0.511 bits per heavy atom. The standard InChI is InChI=1S/C44H35N/c1-28-20-24-35-37(26-28)42(31-23-25-39-36(27-31)32-14-8-9-17-38(32)44(39,2)3)33-15-6-7-16-34(33)43(35)45-40-18-10-4-12-29(40)21-22-30-13-5-11-19-41(30)45/h4-20,23-27H,21-22H2,1-3H3. The van der Waals surface area contributed by atoms with Gasteiger partial charge in [0, 0.05) is 27.6 Å². The van der Waals surface area contributed by atoms with Gasteiger partial charge in [0.15, 0.2) is 0 Å². The third-order valence-corrected chi connectivity index (χ3v) is 10.4. The largest absolute Gasteiger partial charge is 0.309 e. The van der Waals surface area contributed by atoms with Crippen LogP contribution in [0.2, 0.25) is 0 Å². The highest BCUT2D eigenvalue weighted by Crippen LogP contribution is 2.53. The molecular weight excluding hydrogens is 542 g/mol. The lowest BCUT2D eigenvalue weighted by Gasteiger charge is -2.31. The lowest BCUT2D eigenvalue weighted by atomic mass is 9.82. The minimum absolute atomic E-state index is 0.0113. The van der Waals surface area contributed by atoms with Gasteiger partial charge < -0.3 is 4.90 Å². The molecule has 1 heterocycles. The SMILES string of the molecule is Cc1ccc2c(N3c4ccccc4CCc4ccccc43)c3ccccc3c(-c3ccc4c(c3)-c3ccccc3C4(C)C)c2c1. The van der Waals surface area contributed by atoms with Crippen molar-refractivity contribution in [2.75, 3.05) is 4.90 Å². The summed E-state index contributed by atoms with van der Waals surface area (Å²) in [5.74, 6) is 0. The van der Waals surface area contributed by atoms with E-state index in [1.807, 2.05) is 0 Å². The van der Waals surface area contributed by atoms with Crippen LogP contribution < -0.4 is 4.90 Å². The van der Waals surface area contributed by atoms with E-state index in [2.05, 4.69) is 159 Å². The summed E-state index contributed by atoms with van der Waals surface area (Å²) in [5.41, 5.74) is 16.0. The minimum Gasteiger partial charge on any atom is -0.309 e. The van der Waals surface area contributed by atoms with E-state index in [0.717, 1.165) is 12.8 Å². The number of rotatable bonds is 2. The van der Waals surface area contributed by atoms with Gasteiger partial charge in [0.25, 0.3) is 0 Å². The van der Waals surface area contributed by atoms with Gasteiger partial charge in [0.1, 0.15) is 0 Å². The van der Waals surface area contributed by atoms with Gasteiger partial charge in [-0.3, -0.25) is 0 Å². The number of hydrogen-bond acceptors (Lipinski definition) is 1. The van der Waals surface area contributed by atoms with Crippen LogP contribution in [-0.2, 0) is 18.3 Å². The van der Waals surface area contributed by atoms with Gasteiger partial charge in [-0.05, 0) is 93.2 Å². The van der Waals surface area contributed by atoms with E-state index in [9.17, 15) is 0 Å². The number of nitrogens with zero attached hydrogens (tertiary/aromatic N) is 1. The lowest BCUT2D eigenvalue weighted by Crippen LogP contribution is -2.14. The van der Waals surface area contributed by atoms with Crippen LogP contribution >= 0.6 is 0 Å². The molecule has 7 aromatic carbocycles. The van der Waals surface area contributed by atoms with Crippen molar-refractivity contribution in [3.63, 3.8) is 0 Å². The van der Waals surface area contributed by atoms with Crippen molar-refractivity contribution in [2.45, 2.75) is 39.0 Å². The molecule has 0 fully saturated rings. The number of anilines is 3. The number of hydrogen-bond donors (Lipinski definition) is 0. The summed E-state index contributed by atoms with van der Waals surface area (Å²) in [4.78, 5) is 2.56. The smallest absolute Gasteiger partial charge is 0.0619 e. The highest BCUT2D eigenvalue weighted by Gasteiger charge is 2.35. The first-order valence-electron chi connectivity index (χ1n) is 16.2.